The fourth-order valence-corrected chi connectivity index (χ4v) is 3.12. The summed E-state index contributed by atoms with van der Waals surface area (Å²) < 4.78 is 0. The minimum Gasteiger partial charge on any atom is -0.365 e. The summed E-state index contributed by atoms with van der Waals surface area (Å²) >= 11 is 1.63. The molecular formula is C16H18N4S. The molecule has 5 heteroatoms. The monoisotopic (exact) mass is 298 g/mol. The molecule has 0 aliphatic carbocycles. The van der Waals surface area contributed by atoms with Crippen LogP contribution in [0, 0.1) is 0 Å². The van der Waals surface area contributed by atoms with E-state index in [0.29, 0.717) is 5.95 Å². The highest BCUT2D eigenvalue weighted by Crippen LogP contribution is 2.26. The molecule has 0 aliphatic rings. The second-order valence-electron chi connectivity index (χ2n) is 4.76. The van der Waals surface area contributed by atoms with Crippen LogP contribution in [0.15, 0.2) is 35.7 Å². The average Bonchev–Trinajstić information content (AvgIpc) is 3.01. The first-order chi connectivity index (χ1) is 10.3. The van der Waals surface area contributed by atoms with Gasteiger partial charge in [-0.1, -0.05) is 31.2 Å². The van der Waals surface area contributed by atoms with Gasteiger partial charge in [-0.3, -0.25) is 0 Å². The van der Waals surface area contributed by atoms with Crippen LogP contribution in [-0.4, -0.2) is 17.0 Å². The second kappa shape index (κ2) is 6.10. The van der Waals surface area contributed by atoms with Gasteiger partial charge in [-0.25, -0.2) is 4.98 Å². The predicted molar refractivity (Wildman–Crippen MR) is 90.1 cm³/mol. The fraction of sp³-hybridized carbons (Fsp3) is 0.250. The van der Waals surface area contributed by atoms with Gasteiger partial charge in [-0.2, -0.15) is 4.98 Å². The number of thiophene rings is 1. The predicted octanol–water partition coefficient (Wildman–Crippen LogP) is 3.91. The van der Waals surface area contributed by atoms with E-state index in [1.54, 1.807) is 11.3 Å². The molecule has 0 saturated carbocycles. The van der Waals surface area contributed by atoms with E-state index in [9.17, 15) is 0 Å². The summed E-state index contributed by atoms with van der Waals surface area (Å²) in [6, 6.07) is 10.6. The first kappa shape index (κ1) is 13.8. The van der Waals surface area contributed by atoms with Crippen molar-refractivity contribution in [3.05, 3.63) is 46.8 Å². The Bertz CT molecular complexity index is 751. The molecule has 0 bridgehead atoms. The molecule has 0 atom stereocenters. The van der Waals surface area contributed by atoms with Gasteiger partial charge in [0.1, 0.15) is 10.6 Å². The highest BCUT2D eigenvalue weighted by Gasteiger charge is 2.08. The lowest BCUT2D eigenvalue weighted by Gasteiger charge is -2.11. The largest absolute Gasteiger partial charge is 0.365 e. The summed E-state index contributed by atoms with van der Waals surface area (Å²) in [7, 11) is 1.84. The number of rotatable bonds is 5. The lowest BCUT2D eigenvalue weighted by molar-refractivity contribution is 1.03. The van der Waals surface area contributed by atoms with Crippen LogP contribution in [0.3, 0.4) is 0 Å². The van der Waals surface area contributed by atoms with E-state index in [-0.39, 0.29) is 0 Å². The van der Waals surface area contributed by atoms with E-state index < -0.39 is 0 Å². The molecule has 0 amide bonds. The smallest absolute Gasteiger partial charge is 0.225 e. The highest BCUT2D eigenvalue weighted by atomic mass is 32.1. The van der Waals surface area contributed by atoms with Crippen LogP contribution in [0.2, 0.25) is 0 Å². The number of aromatic nitrogens is 2. The molecule has 21 heavy (non-hydrogen) atoms. The number of benzene rings is 1. The first-order valence-corrected chi connectivity index (χ1v) is 7.93. The van der Waals surface area contributed by atoms with Gasteiger partial charge in [-0.05, 0) is 29.0 Å². The normalized spacial score (nSPS) is 10.8. The van der Waals surface area contributed by atoms with E-state index >= 15 is 0 Å². The Balaban J connectivity index is 1.89. The summed E-state index contributed by atoms with van der Waals surface area (Å²) in [5.41, 5.74) is 2.68. The van der Waals surface area contributed by atoms with E-state index in [0.717, 1.165) is 29.0 Å². The van der Waals surface area contributed by atoms with Crippen molar-refractivity contribution in [2.75, 3.05) is 17.7 Å². The van der Waals surface area contributed by atoms with E-state index in [2.05, 4.69) is 57.9 Å². The van der Waals surface area contributed by atoms with Crippen molar-refractivity contribution in [2.45, 2.75) is 19.9 Å². The molecule has 0 fully saturated rings. The molecule has 0 unspecified atom stereocenters. The standard InChI is InChI=1S/C16H18N4S/c1-3-11-6-4-5-7-12(11)10-18-14-13-8-9-21-15(13)20-16(17-2)19-14/h4-9H,3,10H2,1-2H3,(H2,17,18,19,20). The SMILES string of the molecule is CCc1ccccc1CNc1nc(NC)nc2sccc12. The van der Waals surface area contributed by atoms with Crippen molar-refractivity contribution >= 4 is 33.3 Å². The maximum absolute atomic E-state index is 4.54. The Kier molecular flexibility index (Phi) is 4.01. The van der Waals surface area contributed by atoms with Gasteiger partial charge in [0, 0.05) is 13.6 Å². The van der Waals surface area contributed by atoms with Crippen LogP contribution in [0.4, 0.5) is 11.8 Å². The minimum absolute atomic E-state index is 0.649. The zero-order valence-electron chi connectivity index (χ0n) is 12.2. The number of nitrogens with zero attached hydrogens (tertiary/aromatic N) is 2. The third-order valence-corrected chi connectivity index (χ3v) is 4.30. The van der Waals surface area contributed by atoms with Gasteiger partial charge in [0.2, 0.25) is 5.95 Å². The lowest BCUT2D eigenvalue weighted by atomic mass is 10.1. The van der Waals surface area contributed by atoms with E-state index in [1.165, 1.54) is 11.1 Å². The summed E-state index contributed by atoms with van der Waals surface area (Å²) in [6.45, 7) is 2.95. The molecule has 2 N–H and O–H groups in total. The Morgan fingerprint density at radius 1 is 1.10 bits per heavy atom. The number of nitrogens with one attached hydrogen (secondary N) is 2. The number of fused-ring (bicyclic) bond motifs is 1. The van der Waals surface area contributed by atoms with Crippen molar-refractivity contribution in [3.8, 4) is 0 Å². The minimum atomic E-state index is 0.649. The number of hydrogen-bond donors (Lipinski definition) is 2. The summed E-state index contributed by atoms with van der Waals surface area (Å²) in [5.74, 6) is 1.53. The van der Waals surface area contributed by atoms with Gasteiger partial charge in [0.25, 0.3) is 0 Å². The third-order valence-electron chi connectivity index (χ3n) is 3.49. The molecule has 0 spiro atoms. The molecule has 0 saturated heterocycles. The molecule has 1 aromatic carbocycles. The van der Waals surface area contributed by atoms with Crippen LogP contribution in [0.25, 0.3) is 10.2 Å². The molecule has 3 aromatic rings. The third kappa shape index (κ3) is 2.83. The Labute approximate surface area is 128 Å². The quantitative estimate of drug-likeness (QED) is 0.750. The van der Waals surface area contributed by atoms with Crippen molar-refractivity contribution < 1.29 is 0 Å². The van der Waals surface area contributed by atoms with Gasteiger partial charge in [0.15, 0.2) is 0 Å². The van der Waals surface area contributed by atoms with Crippen molar-refractivity contribution in [2.24, 2.45) is 0 Å². The van der Waals surface area contributed by atoms with Crippen LogP contribution < -0.4 is 10.6 Å². The molecule has 0 radical (unpaired) electrons. The topological polar surface area (TPSA) is 49.8 Å². The Morgan fingerprint density at radius 3 is 2.67 bits per heavy atom. The second-order valence-corrected chi connectivity index (χ2v) is 5.66. The maximum atomic E-state index is 4.54. The van der Waals surface area contributed by atoms with E-state index in [1.807, 2.05) is 12.4 Å². The fourth-order valence-electron chi connectivity index (χ4n) is 2.36. The zero-order chi connectivity index (χ0) is 14.7. The van der Waals surface area contributed by atoms with Gasteiger partial charge < -0.3 is 10.6 Å². The summed E-state index contributed by atoms with van der Waals surface area (Å²) in [5, 5.41) is 9.59. The Morgan fingerprint density at radius 2 is 1.90 bits per heavy atom. The number of aryl methyl sites for hydroxylation is 1. The highest BCUT2D eigenvalue weighted by molar-refractivity contribution is 7.16. The molecule has 0 aliphatic heterocycles. The van der Waals surface area contributed by atoms with E-state index in [4.69, 9.17) is 0 Å². The maximum Gasteiger partial charge on any atom is 0.225 e. The molecular weight excluding hydrogens is 280 g/mol. The van der Waals surface area contributed by atoms with Crippen LogP contribution in [0.5, 0.6) is 0 Å². The molecule has 2 aromatic heterocycles. The summed E-state index contributed by atoms with van der Waals surface area (Å²) in [4.78, 5) is 10.00. The number of anilines is 2. The van der Waals surface area contributed by atoms with Gasteiger partial charge >= 0.3 is 0 Å². The molecule has 4 nitrogen and oxygen atoms in total. The van der Waals surface area contributed by atoms with Crippen molar-refractivity contribution in [1.82, 2.24) is 9.97 Å². The van der Waals surface area contributed by atoms with Gasteiger partial charge in [-0.15, -0.1) is 11.3 Å². The van der Waals surface area contributed by atoms with Gasteiger partial charge in [0.05, 0.1) is 5.39 Å². The van der Waals surface area contributed by atoms with Crippen molar-refractivity contribution in [1.29, 1.82) is 0 Å². The average molecular weight is 298 g/mol. The first-order valence-electron chi connectivity index (χ1n) is 7.05. The van der Waals surface area contributed by atoms with Crippen LogP contribution in [0.1, 0.15) is 18.1 Å². The molecule has 2 heterocycles. The summed E-state index contributed by atoms with van der Waals surface area (Å²) in [6.07, 6.45) is 1.04. The Hall–Kier alpha value is -2.14. The number of hydrogen-bond acceptors (Lipinski definition) is 5. The molecule has 3 rings (SSSR count). The lowest BCUT2D eigenvalue weighted by Crippen LogP contribution is -2.06. The molecule has 108 valence electrons. The van der Waals surface area contributed by atoms with Crippen LogP contribution in [-0.2, 0) is 13.0 Å². The van der Waals surface area contributed by atoms with Crippen LogP contribution >= 0.6 is 11.3 Å². The zero-order valence-corrected chi connectivity index (χ0v) is 13.0. The van der Waals surface area contributed by atoms with Crippen molar-refractivity contribution in [3.63, 3.8) is 0 Å².